The molecule has 4 nitrogen and oxygen atoms in total. The number of ether oxygens (including phenoxy) is 1. The molecule has 0 amide bonds. The first kappa shape index (κ1) is 13.6. The highest BCUT2D eigenvalue weighted by molar-refractivity contribution is 5.07. The minimum atomic E-state index is 0.351. The number of rotatable bonds is 5. The average Bonchev–Trinajstić information content (AvgIpc) is 2.77. The summed E-state index contributed by atoms with van der Waals surface area (Å²) in [5.41, 5.74) is 2.26. The Morgan fingerprint density at radius 1 is 1.44 bits per heavy atom. The van der Waals surface area contributed by atoms with Crippen LogP contribution in [0.1, 0.15) is 44.0 Å². The molecule has 18 heavy (non-hydrogen) atoms. The molecule has 4 heteroatoms. The third-order valence-corrected chi connectivity index (χ3v) is 3.80. The van der Waals surface area contributed by atoms with Crippen LogP contribution < -0.4 is 5.32 Å². The average molecular weight is 251 g/mol. The molecule has 0 bridgehead atoms. The van der Waals surface area contributed by atoms with Gasteiger partial charge in [-0.3, -0.25) is 4.68 Å². The molecule has 1 fully saturated rings. The third-order valence-electron chi connectivity index (χ3n) is 3.80. The van der Waals surface area contributed by atoms with Gasteiger partial charge in [0.15, 0.2) is 0 Å². The number of nitrogens with one attached hydrogen (secondary N) is 1. The van der Waals surface area contributed by atoms with E-state index >= 15 is 0 Å². The molecule has 1 aromatic heterocycles. The Kier molecular flexibility index (Phi) is 4.78. The van der Waals surface area contributed by atoms with Gasteiger partial charge < -0.3 is 10.1 Å². The van der Waals surface area contributed by atoms with Gasteiger partial charge in [0, 0.05) is 12.6 Å². The van der Waals surface area contributed by atoms with Crippen molar-refractivity contribution in [3.8, 4) is 0 Å². The van der Waals surface area contributed by atoms with Gasteiger partial charge in [0.25, 0.3) is 0 Å². The van der Waals surface area contributed by atoms with E-state index in [0.717, 1.165) is 12.2 Å². The van der Waals surface area contributed by atoms with Crippen molar-refractivity contribution < 1.29 is 4.74 Å². The first-order valence-corrected chi connectivity index (χ1v) is 7.06. The molecule has 0 aliphatic heterocycles. The molecule has 0 spiro atoms. The van der Waals surface area contributed by atoms with Crippen molar-refractivity contribution in [2.24, 2.45) is 0 Å². The van der Waals surface area contributed by atoms with E-state index in [-0.39, 0.29) is 0 Å². The maximum Gasteiger partial charge on any atom is 0.0889 e. The van der Waals surface area contributed by atoms with Crippen LogP contribution in [0.15, 0.2) is 6.07 Å². The van der Waals surface area contributed by atoms with Crippen molar-refractivity contribution >= 4 is 0 Å². The normalized spacial score (nSPS) is 24.4. The van der Waals surface area contributed by atoms with E-state index in [1.54, 1.807) is 0 Å². The summed E-state index contributed by atoms with van der Waals surface area (Å²) < 4.78 is 8.14. The SMILES string of the molecule is CCn1nc(C)cc1COC1CCCCC1NC. The van der Waals surface area contributed by atoms with E-state index in [9.17, 15) is 0 Å². The van der Waals surface area contributed by atoms with Gasteiger partial charge in [-0.25, -0.2) is 0 Å². The molecular weight excluding hydrogens is 226 g/mol. The monoisotopic (exact) mass is 251 g/mol. The van der Waals surface area contributed by atoms with Crippen LogP contribution in [-0.2, 0) is 17.9 Å². The highest BCUT2D eigenvalue weighted by Crippen LogP contribution is 2.22. The third kappa shape index (κ3) is 3.12. The summed E-state index contributed by atoms with van der Waals surface area (Å²) in [5, 5.41) is 7.83. The Morgan fingerprint density at radius 2 is 2.22 bits per heavy atom. The Labute approximate surface area is 110 Å². The largest absolute Gasteiger partial charge is 0.370 e. The molecule has 1 aliphatic rings. The molecule has 1 aromatic rings. The molecule has 2 rings (SSSR count). The second kappa shape index (κ2) is 6.34. The van der Waals surface area contributed by atoms with Crippen molar-refractivity contribution in [3.63, 3.8) is 0 Å². The van der Waals surface area contributed by atoms with E-state index in [0.29, 0.717) is 18.8 Å². The minimum absolute atomic E-state index is 0.351. The topological polar surface area (TPSA) is 39.1 Å². The van der Waals surface area contributed by atoms with Crippen LogP contribution in [0.5, 0.6) is 0 Å². The first-order chi connectivity index (χ1) is 8.74. The van der Waals surface area contributed by atoms with Crippen molar-refractivity contribution in [3.05, 3.63) is 17.5 Å². The van der Waals surface area contributed by atoms with E-state index in [1.165, 1.54) is 31.4 Å². The van der Waals surface area contributed by atoms with Crippen LogP contribution in [0, 0.1) is 6.92 Å². The fraction of sp³-hybridized carbons (Fsp3) is 0.786. The lowest BCUT2D eigenvalue weighted by Gasteiger charge is -2.31. The van der Waals surface area contributed by atoms with E-state index in [4.69, 9.17) is 4.74 Å². The van der Waals surface area contributed by atoms with Crippen molar-refractivity contribution in [2.75, 3.05) is 7.05 Å². The summed E-state index contributed by atoms with van der Waals surface area (Å²) >= 11 is 0. The number of likely N-dealkylation sites (N-methyl/N-ethyl adjacent to an activating group) is 1. The summed E-state index contributed by atoms with van der Waals surface area (Å²) in [6, 6.07) is 2.64. The zero-order valence-corrected chi connectivity index (χ0v) is 11.8. The number of hydrogen-bond donors (Lipinski definition) is 1. The molecule has 2 atom stereocenters. The molecule has 0 radical (unpaired) electrons. The number of aryl methyl sites for hydroxylation is 2. The Hall–Kier alpha value is -0.870. The van der Waals surface area contributed by atoms with Gasteiger partial charge in [-0.05, 0) is 39.8 Å². The molecule has 1 N–H and O–H groups in total. The van der Waals surface area contributed by atoms with E-state index in [2.05, 4.69) is 23.4 Å². The summed E-state index contributed by atoms with van der Waals surface area (Å²) in [4.78, 5) is 0. The lowest BCUT2D eigenvalue weighted by molar-refractivity contribution is -0.00643. The number of hydrogen-bond acceptors (Lipinski definition) is 3. The van der Waals surface area contributed by atoms with Gasteiger partial charge in [-0.1, -0.05) is 12.8 Å². The summed E-state index contributed by atoms with van der Waals surface area (Å²) in [7, 11) is 2.03. The maximum absolute atomic E-state index is 6.10. The van der Waals surface area contributed by atoms with Gasteiger partial charge in [0.2, 0.25) is 0 Å². The number of aromatic nitrogens is 2. The van der Waals surface area contributed by atoms with Crippen LogP contribution in [0.4, 0.5) is 0 Å². The van der Waals surface area contributed by atoms with Crippen LogP contribution in [0.25, 0.3) is 0 Å². The van der Waals surface area contributed by atoms with Crippen molar-refractivity contribution in [2.45, 2.75) is 64.8 Å². The predicted octanol–water partition coefficient (Wildman–Crippen LogP) is 2.26. The second-order valence-electron chi connectivity index (χ2n) is 5.12. The fourth-order valence-electron chi connectivity index (χ4n) is 2.81. The molecular formula is C14H25N3O. The van der Waals surface area contributed by atoms with Crippen molar-refractivity contribution in [1.82, 2.24) is 15.1 Å². The second-order valence-corrected chi connectivity index (χ2v) is 5.12. The standard InChI is InChI=1S/C14H25N3O/c1-4-17-12(9-11(2)16-17)10-18-14-8-6-5-7-13(14)15-3/h9,13-15H,4-8,10H2,1-3H3. The molecule has 1 saturated carbocycles. The van der Waals surface area contributed by atoms with E-state index in [1.807, 2.05) is 18.7 Å². The zero-order valence-electron chi connectivity index (χ0n) is 11.8. The molecule has 1 heterocycles. The van der Waals surface area contributed by atoms with Crippen LogP contribution in [0.3, 0.4) is 0 Å². The van der Waals surface area contributed by atoms with Crippen LogP contribution in [0.2, 0.25) is 0 Å². The Bertz CT molecular complexity index is 375. The smallest absolute Gasteiger partial charge is 0.0889 e. The van der Waals surface area contributed by atoms with Gasteiger partial charge in [0.1, 0.15) is 0 Å². The summed E-state index contributed by atoms with van der Waals surface area (Å²) in [6.45, 7) is 5.74. The molecule has 102 valence electrons. The Balaban J connectivity index is 1.93. The maximum atomic E-state index is 6.10. The van der Waals surface area contributed by atoms with Crippen LogP contribution in [-0.4, -0.2) is 29.0 Å². The Morgan fingerprint density at radius 3 is 2.94 bits per heavy atom. The molecule has 2 unspecified atom stereocenters. The highest BCUT2D eigenvalue weighted by atomic mass is 16.5. The van der Waals surface area contributed by atoms with Gasteiger partial charge in [-0.15, -0.1) is 0 Å². The quantitative estimate of drug-likeness (QED) is 0.872. The highest BCUT2D eigenvalue weighted by Gasteiger charge is 2.24. The lowest BCUT2D eigenvalue weighted by Crippen LogP contribution is -2.41. The first-order valence-electron chi connectivity index (χ1n) is 7.06. The summed E-state index contributed by atoms with van der Waals surface area (Å²) in [5.74, 6) is 0. The van der Waals surface area contributed by atoms with Gasteiger partial charge >= 0.3 is 0 Å². The van der Waals surface area contributed by atoms with Gasteiger partial charge in [-0.2, -0.15) is 5.10 Å². The predicted molar refractivity (Wildman–Crippen MR) is 72.5 cm³/mol. The van der Waals surface area contributed by atoms with Gasteiger partial charge in [0.05, 0.1) is 24.1 Å². The summed E-state index contributed by atoms with van der Waals surface area (Å²) in [6.07, 6.45) is 5.36. The van der Waals surface area contributed by atoms with Crippen LogP contribution >= 0.6 is 0 Å². The van der Waals surface area contributed by atoms with E-state index < -0.39 is 0 Å². The van der Waals surface area contributed by atoms with Crippen molar-refractivity contribution in [1.29, 1.82) is 0 Å². The zero-order chi connectivity index (χ0) is 13.0. The molecule has 0 aromatic carbocycles. The fourth-order valence-corrected chi connectivity index (χ4v) is 2.81. The lowest BCUT2D eigenvalue weighted by atomic mass is 9.92. The minimum Gasteiger partial charge on any atom is -0.370 e. The number of nitrogens with zero attached hydrogens (tertiary/aromatic N) is 2. The molecule has 0 saturated heterocycles. The molecule has 1 aliphatic carbocycles.